The fourth-order valence-electron chi connectivity index (χ4n) is 1.91. The van der Waals surface area contributed by atoms with Crippen LogP contribution < -0.4 is 5.43 Å². The van der Waals surface area contributed by atoms with Crippen LogP contribution in [0, 0.1) is 29.6 Å². The number of aromatic nitrogens is 2. The van der Waals surface area contributed by atoms with E-state index in [0.717, 1.165) is 26.5 Å². The standard InChI is InChI=1S/C16H10N6S/c1-10-2-3-11(9-19-10)16-20-14-5-4-12(6-15(14)23-16)21-22-13(7-17)8-18/h2-6,9,21H,1H3. The lowest BCUT2D eigenvalue weighted by Gasteiger charge is -1.98. The molecule has 1 aromatic carbocycles. The van der Waals surface area contributed by atoms with Crippen molar-refractivity contribution in [1.29, 1.82) is 10.5 Å². The number of nitriles is 2. The van der Waals surface area contributed by atoms with Gasteiger partial charge in [-0.1, -0.05) is 0 Å². The maximum atomic E-state index is 8.67. The molecule has 6 nitrogen and oxygen atoms in total. The second kappa shape index (κ2) is 6.22. The largest absolute Gasteiger partial charge is 0.276 e. The maximum Gasteiger partial charge on any atom is 0.237 e. The van der Waals surface area contributed by atoms with Gasteiger partial charge in [-0.25, -0.2) is 4.98 Å². The van der Waals surface area contributed by atoms with Crippen LogP contribution >= 0.6 is 11.3 Å². The van der Waals surface area contributed by atoms with E-state index in [1.807, 2.05) is 37.4 Å². The number of anilines is 1. The van der Waals surface area contributed by atoms with Gasteiger partial charge in [-0.05, 0) is 37.3 Å². The van der Waals surface area contributed by atoms with Gasteiger partial charge in [0.2, 0.25) is 5.71 Å². The Labute approximate surface area is 136 Å². The molecule has 110 valence electrons. The van der Waals surface area contributed by atoms with E-state index < -0.39 is 0 Å². The van der Waals surface area contributed by atoms with E-state index in [2.05, 4.69) is 20.5 Å². The van der Waals surface area contributed by atoms with Crippen molar-refractivity contribution in [2.75, 3.05) is 5.43 Å². The normalized spacial score (nSPS) is 9.87. The first kappa shape index (κ1) is 14.6. The molecule has 1 N–H and O–H groups in total. The molecule has 0 aliphatic rings. The van der Waals surface area contributed by atoms with E-state index >= 15 is 0 Å². The highest BCUT2D eigenvalue weighted by Gasteiger charge is 2.07. The molecule has 2 heterocycles. The zero-order chi connectivity index (χ0) is 16.2. The Morgan fingerprint density at radius 3 is 2.74 bits per heavy atom. The number of nitrogens with zero attached hydrogens (tertiary/aromatic N) is 5. The fourth-order valence-corrected chi connectivity index (χ4v) is 2.90. The monoisotopic (exact) mass is 318 g/mol. The second-order valence-corrected chi connectivity index (χ2v) is 5.72. The van der Waals surface area contributed by atoms with E-state index in [-0.39, 0.29) is 5.71 Å². The van der Waals surface area contributed by atoms with Crippen molar-refractivity contribution in [2.45, 2.75) is 6.92 Å². The molecule has 0 amide bonds. The summed E-state index contributed by atoms with van der Waals surface area (Å²) in [6.07, 6.45) is 1.81. The number of rotatable bonds is 3. The Balaban J connectivity index is 1.92. The molecule has 0 aliphatic heterocycles. The predicted molar refractivity (Wildman–Crippen MR) is 89.9 cm³/mol. The topological polar surface area (TPSA) is 97.8 Å². The van der Waals surface area contributed by atoms with Crippen molar-refractivity contribution < 1.29 is 0 Å². The molecular formula is C16H10N6S. The van der Waals surface area contributed by atoms with Crippen LogP contribution in [0.5, 0.6) is 0 Å². The Bertz CT molecular complexity index is 956. The average molecular weight is 318 g/mol. The zero-order valence-electron chi connectivity index (χ0n) is 12.1. The van der Waals surface area contributed by atoms with Gasteiger partial charge in [-0.3, -0.25) is 10.4 Å². The second-order valence-electron chi connectivity index (χ2n) is 4.69. The molecule has 0 spiro atoms. The van der Waals surface area contributed by atoms with E-state index in [4.69, 9.17) is 10.5 Å². The first-order valence-corrected chi connectivity index (χ1v) is 7.49. The van der Waals surface area contributed by atoms with Gasteiger partial charge in [0.25, 0.3) is 0 Å². The van der Waals surface area contributed by atoms with Crippen LogP contribution in [0.25, 0.3) is 20.8 Å². The Hall–Kier alpha value is -3.29. The zero-order valence-corrected chi connectivity index (χ0v) is 12.9. The van der Waals surface area contributed by atoms with E-state index in [1.54, 1.807) is 29.5 Å². The summed E-state index contributed by atoms with van der Waals surface area (Å²) in [6, 6.07) is 12.9. The van der Waals surface area contributed by atoms with E-state index in [0.29, 0.717) is 5.69 Å². The lowest BCUT2D eigenvalue weighted by Crippen LogP contribution is -1.95. The van der Waals surface area contributed by atoms with Gasteiger partial charge in [-0.2, -0.15) is 15.6 Å². The maximum absolute atomic E-state index is 8.67. The van der Waals surface area contributed by atoms with Crippen LogP contribution in [-0.4, -0.2) is 15.7 Å². The van der Waals surface area contributed by atoms with Crippen LogP contribution in [0.4, 0.5) is 5.69 Å². The molecule has 0 fully saturated rings. The highest BCUT2D eigenvalue weighted by Crippen LogP contribution is 2.31. The third-order valence-corrected chi connectivity index (χ3v) is 4.12. The summed E-state index contributed by atoms with van der Waals surface area (Å²) in [4.78, 5) is 8.88. The van der Waals surface area contributed by atoms with Crippen molar-refractivity contribution in [2.24, 2.45) is 5.10 Å². The molecule has 0 unspecified atom stereocenters. The minimum absolute atomic E-state index is 0.221. The number of hydrazone groups is 1. The number of benzene rings is 1. The number of thiazole rings is 1. The SMILES string of the molecule is Cc1ccc(-c2nc3ccc(NN=C(C#N)C#N)cc3s2)cn1. The number of hydrogen-bond donors (Lipinski definition) is 1. The van der Waals surface area contributed by atoms with E-state index in [1.165, 1.54) is 0 Å². The van der Waals surface area contributed by atoms with Gasteiger partial charge in [0, 0.05) is 17.5 Å². The quantitative estimate of drug-likeness (QED) is 0.589. The van der Waals surface area contributed by atoms with Crippen molar-refractivity contribution in [1.82, 2.24) is 9.97 Å². The Morgan fingerprint density at radius 1 is 1.22 bits per heavy atom. The molecule has 2 aromatic heterocycles. The first-order valence-electron chi connectivity index (χ1n) is 6.67. The third kappa shape index (κ3) is 3.15. The van der Waals surface area contributed by atoms with Gasteiger partial charge in [0.05, 0.1) is 15.9 Å². The first-order chi connectivity index (χ1) is 11.2. The minimum Gasteiger partial charge on any atom is -0.276 e. The predicted octanol–water partition coefficient (Wildman–Crippen LogP) is 3.48. The van der Waals surface area contributed by atoms with Crippen LogP contribution in [0.2, 0.25) is 0 Å². The summed E-state index contributed by atoms with van der Waals surface area (Å²) < 4.78 is 0.983. The third-order valence-electron chi connectivity index (χ3n) is 3.06. The summed E-state index contributed by atoms with van der Waals surface area (Å²) >= 11 is 1.55. The summed E-state index contributed by atoms with van der Waals surface area (Å²) in [5, 5.41) is 22.0. The molecular weight excluding hydrogens is 308 g/mol. The van der Waals surface area contributed by atoms with Crippen molar-refractivity contribution >= 4 is 33.0 Å². The molecule has 0 atom stereocenters. The van der Waals surface area contributed by atoms with Crippen LogP contribution in [0.3, 0.4) is 0 Å². The molecule has 0 saturated carbocycles. The smallest absolute Gasteiger partial charge is 0.237 e. The van der Waals surface area contributed by atoms with Crippen LogP contribution in [-0.2, 0) is 0 Å². The lowest BCUT2D eigenvalue weighted by atomic mass is 10.2. The highest BCUT2D eigenvalue weighted by atomic mass is 32.1. The summed E-state index contributed by atoms with van der Waals surface area (Å²) in [6.45, 7) is 1.94. The molecule has 3 rings (SSSR count). The van der Waals surface area contributed by atoms with Crippen molar-refractivity contribution in [3.63, 3.8) is 0 Å². The Kier molecular flexibility index (Phi) is 3.96. The van der Waals surface area contributed by atoms with Crippen molar-refractivity contribution in [3.05, 3.63) is 42.2 Å². The van der Waals surface area contributed by atoms with Gasteiger partial charge in [0.15, 0.2) is 0 Å². The fraction of sp³-hybridized carbons (Fsp3) is 0.0625. The van der Waals surface area contributed by atoms with E-state index in [9.17, 15) is 0 Å². The number of fused-ring (bicyclic) bond motifs is 1. The van der Waals surface area contributed by atoms with Gasteiger partial charge >= 0.3 is 0 Å². The average Bonchev–Trinajstić information content (AvgIpc) is 2.99. The van der Waals surface area contributed by atoms with Gasteiger partial charge in [0.1, 0.15) is 17.1 Å². The molecule has 3 aromatic rings. The minimum atomic E-state index is -0.221. The molecule has 0 bridgehead atoms. The van der Waals surface area contributed by atoms with Crippen molar-refractivity contribution in [3.8, 4) is 22.7 Å². The van der Waals surface area contributed by atoms with Crippen LogP contribution in [0.1, 0.15) is 5.69 Å². The molecule has 23 heavy (non-hydrogen) atoms. The summed E-state index contributed by atoms with van der Waals surface area (Å²) in [5.41, 5.74) is 5.99. The number of pyridine rings is 1. The molecule has 0 radical (unpaired) electrons. The molecule has 7 heteroatoms. The summed E-state index contributed by atoms with van der Waals surface area (Å²) in [5.74, 6) is 0. The number of aryl methyl sites for hydroxylation is 1. The Morgan fingerprint density at radius 2 is 2.04 bits per heavy atom. The van der Waals surface area contributed by atoms with Crippen LogP contribution in [0.15, 0.2) is 41.6 Å². The van der Waals surface area contributed by atoms with Gasteiger partial charge in [-0.15, -0.1) is 11.3 Å². The summed E-state index contributed by atoms with van der Waals surface area (Å²) in [7, 11) is 0. The molecule has 0 saturated heterocycles. The highest BCUT2D eigenvalue weighted by molar-refractivity contribution is 7.21. The molecule has 0 aliphatic carbocycles. The van der Waals surface area contributed by atoms with Gasteiger partial charge < -0.3 is 0 Å². The number of hydrogen-bond acceptors (Lipinski definition) is 7. The lowest BCUT2D eigenvalue weighted by molar-refractivity contribution is 1.20. The number of nitrogens with one attached hydrogen (secondary N) is 1.